The van der Waals surface area contributed by atoms with E-state index < -0.39 is 0 Å². The molecule has 152 valence electrons. The van der Waals surface area contributed by atoms with Crippen LogP contribution in [0.4, 0.5) is 5.13 Å². The highest BCUT2D eigenvalue weighted by Gasteiger charge is 2.10. The molecule has 0 bridgehead atoms. The number of carbonyl (C=O) groups excluding carboxylic acids is 2. The average Bonchev–Trinajstić information content (AvgIpc) is 3.34. The summed E-state index contributed by atoms with van der Waals surface area (Å²) < 4.78 is 1.65. The molecule has 0 unspecified atom stereocenters. The lowest BCUT2D eigenvalue weighted by molar-refractivity contribution is -0.115. The van der Waals surface area contributed by atoms with Crippen LogP contribution >= 0.6 is 11.3 Å². The molecule has 0 radical (unpaired) electrons. The molecular weight excluding hydrogens is 390 g/mol. The largest absolute Gasteiger partial charge is 0.354 e. The predicted molar refractivity (Wildman–Crippen MR) is 110 cm³/mol. The smallest absolute Gasteiger partial charge is 0.273 e. The molecule has 2 heterocycles. The molecule has 2 amide bonds. The number of nitrogens with zero attached hydrogens (tertiary/aromatic N) is 5. The normalized spacial score (nSPS) is 10.7. The van der Waals surface area contributed by atoms with Gasteiger partial charge in [0, 0.05) is 20.0 Å². The first kappa shape index (κ1) is 20.6. The minimum atomic E-state index is -0.248. The summed E-state index contributed by atoms with van der Waals surface area (Å²) in [4.78, 5) is 23.6. The van der Waals surface area contributed by atoms with Gasteiger partial charge in [0.1, 0.15) is 5.01 Å². The van der Waals surface area contributed by atoms with E-state index in [9.17, 15) is 9.59 Å². The molecule has 3 rings (SSSR count). The van der Waals surface area contributed by atoms with E-state index in [1.54, 1.807) is 17.9 Å². The van der Waals surface area contributed by atoms with Gasteiger partial charge in [-0.1, -0.05) is 46.4 Å². The van der Waals surface area contributed by atoms with E-state index in [1.807, 2.05) is 31.2 Å². The molecule has 10 heteroatoms. The standard InChI is InChI=1S/C19H23N7O2S/c1-13-6-5-7-14(10-13)11-16(27)21-19-24-23-17(29-19)8-3-4-9-26-12-15(22-25-26)18(28)20-2/h5-7,10,12H,3-4,8-9,11H2,1-2H3,(H,20,28)(H,21,24,27). The van der Waals surface area contributed by atoms with E-state index >= 15 is 0 Å². The molecule has 2 aromatic heterocycles. The zero-order valence-electron chi connectivity index (χ0n) is 16.4. The SMILES string of the molecule is CNC(=O)c1cn(CCCCc2nnc(NC(=O)Cc3cccc(C)c3)s2)nn1. The quantitative estimate of drug-likeness (QED) is 0.519. The van der Waals surface area contributed by atoms with Gasteiger partial charge in [0.05, 0.1) is 12.6 Å². The molecule has 0 aliphatic heterocycles. The first-order valence-corrected chi connectivity index (χ1v) is 10.1. The molecule has 0 saturated carbocycles. The molecule has 1 aromatic carbocycles. The number of hydrogen-bond donors (Lipinski definition) is 2. The first-order chi connectivity index (χ1) is 14.0. The lowest BCUT2D eigenvalue weighted by Crippen LogP contribution is -2.18. The van der Waals surface area contributed by atoms with Crippen molar-refractivity contribution in [2.45, 2.75) is 39.2 Å². The molecule has 0 spiro atoms. The van der Waals surface area contributed by atoms with Crippen LogP contribution in [0, 0.1) is 6.92 Å². The maximum Gasteiger partial charge on any atom is 0.273 e. The van der Waals surface area contributed by atoms with Crippen molar-refractivity contribution in [3.63, 3.8) is 0 Å². The van der Waals surface area contributed by atoms with E-state index in [1.165, 1.54) is 11.3 Å². The highest BCUT2D eigenvalue weighted by molar-refractivity contribution is 7.15. The number of carbonyl (C=O) groups is 2. The fourth-order valence-electron chi connectivity index (χ4n) is 2.77. The third-order valence-electron chi connectivity index (χ3n) is 4.19. The lowest BCUT2D eigenvalue weighted by Gasteiger charge is -2.02. The van der Waals surface area contributed by atoms with Crippen molar-refractivity contribution in [1.29, 1.82) is 0 Å². The van der Waals surface area contributed by atoms with Crippen LogP contribution in [-0.4, -0.2) is 44.1 Å². The van der Waals surface area contributed by atoms with E-state index in [0.29, 0.717) is 23.8 Å². The number of aryl methyl sites for hydroxylation is 3. The second-order valence-corrected chi connectivity index (χ2v) is 7.68. The van der Waals surface area contributed by atoms with Gasteiger partial charge < -0.3 is 10.6 Å². The number of rotatable bonds is 9. The number of aromatic nitrogens is 5. The van der Waals surface area contributed by atoms with Gasteiger partial charge in [0.15, 0.2) is 5.69 Å². The Labute approximate surface area is 172 Å². The van der Waals surface area contributed by atoms with Crippen molar-refractivity contribution in [3.8, 4) is 0 Å². The number of amides is 2. The summed E-state index contributed by atoms with van der Waals surface area (Å²) in [6, 6.07) is 7.88. The maximum atomic E-state index is 12.2. The van der Waals surface area contributed by atoms with Crippen LogP contribution in [0.1, 0.15) is 39.5 Å². The van der Waals surface area contributed by atoms with Gasteiger partial charge in [-0.05, 0) is 25.3 Å². The minimum absolute atomic E-state index is 0.101. The Morgan fingerprint density at radius 3 is 2.83 bits per heavy atom. The van der Waals surface area contributed by atoms with Crippen molar-refractivity contribution in [2.24, 2.45) is 0 Å². The van der Waals surface area contributed by atoms with Crippen LogP contribution in [0.3, 0.4) is 0 Å². The van der Waals surface area contributed by atoms with Gasteiger partial charge in [-0.15, -0.1) is 15.3 Å². The summed E-state index contributed by atoms with van der Waals surface area (Å²) >= 11 is 1.39. The minimum Gasteiger partial charge on any atom is -0.354 e. The number of nitrogens with one attached hydrogen (secondary N) is 2. The van der Waals surface area contributed by atoms with Crippen LogP contribution in [0.15, 0.2) is 30.5 Å². The van der Waals surface area contributed by atoms with Crippen LogP contribution in [0.2, 0.25) is 0 Å². The fourth-order valence-corrected chi connectivity index (χ4v) is 3.56. The van der Waals surface area contributed by atoms with Crippen molar-refractivity contribution in [1.82, 2.24) is 30.5 Å². The molecule has 0 aliphatic rings. The number of unbranched alkanes of at least 4 members (excludes halogenated alkanes) is 1. The average molecular weight is 414 g/mol. The molecule has 29 heavy (non-hydrogen) atoms. The summed E-state index contributed by atoms with van der Waals surface area (Å²) in [5.74, 6) is -0.349. The second kappa shape index (κ2) is 9.87. The van der Waals surface area contributed by atoms with Crippen LogP contribution < -0.4 is 10.6 Å². The third-order valence-corrected chi connectivity index (χ3v) is 5.09. The number of hydrogen-bond acceptors (Lipinski definition) is 7. The molecule has 0 aliphatic carbocycles. The summed E-state index contributed by atoms with van der Waals surface area (Å²) in [5.41, 5.74) is 2.41. The van der Waals surface area contributed by atoms with E-state index in [2.05, 4.69) is 31.1 Å². The Bertz CT molecular complexity index is 982. The number of anilines is 1. The van der Waals surface area contributed by atoms with Crippen molar-refractivity contribution in [2.75, 3.05) is 12.4 Å². The van der Waals surface area contributed by atoms with Gasteiger partial charge in [-0.2, -0.15) is 0 Å². The van der Waals surface area contributed by atoms with Crippen LogP contribution in [0.5, 0.6) is 0 Å². The zero-order chi connectivity index (χ0) is 20.6. The lowest BCUT2D eigenvalue weighted by atomic mass is 10.1. The monoisotopic (exact) mass is 413 g/mol. The second-order valence-electron chi connectivity index (χ2n) is 6.62. The Balaban J connectivity index is 1.40. The van der Waals surface area contributed by atoms with Crippen LogP contribution in [0.25, 0.3) is 0 Å². The van der Waals surface area contributed by atoms with E-state index in [-0.39, 0.29) is 11.8 Å². The highest BCUT2D eigenvalue weighted by atomic mass is 32.1. The summed E-state index contributed by atoms with van der Waals surface area (Å²) in [7, 11) is 1.56. The van der Waals surface area contributed by atoms with Gasteiger partial charge in [-0.25, -0.2) is 0 Å². The molecule has 9 nitrogen and oxygen atoms in total. The van der Waals surface area contributed by atoms with Crippen molar-refractivity contribution >= 4 is 28.3 Å². The van der Waals surface area contributed by atoms with Gasteiger partial charge >= 0.3 is 0 Å². The molecular formula is C19H23N7O2S. The zero-order valence-corrected chi connectivity index (χ0v) is 17.2. The third kappa shape index (κ3) is 6.18. The van der Waals surface area contributed by atoms with Crippen molar-refractivity contribution in [3.05, 3.63) is 52.3 Å². The molecule has 3 aromatic rings. The summed E-state index contributed by atoms with van der Waals surface area (Å²) in [5, 5.41) is 22.7. The topological polar surface area (TPSA) is 115 Å². The van der Waals surface area contributed by atoms with Crippen LogP contribution in [-0.2, 0) is 24.2 Å². The Morgan fingerprint density at radius 2 is 2.03 bits per heavy atom. The Kier molecular flexibility index (Phi) is 7.01. The predicted octanol–water partition coefficient (Wildman–Crippen LogP) is 2.00. The van der Waals surface area contributed by atoms with Gasteiger partial charge in [0.25, 0.3) is 5.91 Å². The molecule has 0 fully saturated rings. The van der Waals surface area contributed by atoms with E-state index in [0.717, 1.165) is 35.4 Å². The number of benzene rings is 1. The van der Waals surface area contributed by atoms with E-state index in [4.69, 9.17) is 0 Å². The summed E-state index contributed by atoms with van der Waals surface area (Å²) in [6.45, 7) is 2.67. The molecule has 0 saturated heterocycles. The Morgan fingerprint density at radius 1 is 1.17 bits per heavy atom. The Hall–Kier alpha value is -3.14. The highest BCUT2D eigenvalue weighted by Crippen LogP contribution is 2.18. The fraction of sp³-hybridized carbons (Fsp3) is 0.368. The maximum absolute atomic E-state index is 12.2. The van der Waals surface area contributed by atoms with Gasteiger partial charge in [-0.3, -0.25) is 14.3 Å². The van der Waals surface area contributed by atoms with Crippen molar-refractivity contribution < 1.29 is 9.59 Å². The molecule has 0 atom stereocenters. The van der Waals surface area contributed by atoms with Gasteiger partial charge in [0.2, 0.25) is 11.0 Å². The summed E-state index contributed by atoms with van der Waals surface area (Å²) in [6.07, 6.45) is 4.47. The molecule has 2 N–H and O–H groups in total. The first-order valence-electron chi connectivity index (χ1n) is 9.33.